The summed E-state index contributed by atoms with van der Waals surface area (Å²) >= 11 is 0. The van der Waals surface area contributed by atoms with Crippen LogP contribution in [0.1, 0.15) is 25.8 Å². The lowest BCUT2D eigenvalue weighted by Gasteiger charge is -2.36. The van der Waals surface area contributed by atoms with Gasteiger partial charge in [-0.05, 0) is 32.3 Å². The normalized spacial score (nSPS) is 18.7. The molecule has 1 saturated heterocycles. The van der Waals surface area contributed by atoms with Gasteiger partial charge in [0.2, 0.25) is 11.8 Å². The van der Waals surface area contributed by atoms with Crippen LogP contribution in [0.25, 0.3) is 0 Å². The summed E-state index contributed by atoms with van der Waals surface area (Å²) in [4.78, 5) is 25.3. The molecule has 0 radical (unpaired) electrons. The molecule has 0 atom stereocenters. The molecule has 0 aromatic heterocycles. The summed E-state index contributed by atoms with van der Waals surface area (Å²) in [5.74, 6) is -0.255. The first-order valence-corrected chi connectivity index (χ1v) is 6.64. The van der Waals surface area contributed by atoms with Gasteiger partial charge in [-0.15, -0.1) is 0 Å². The molecule has 2 amide bonds. The number of hydrogen-bond donors (Lipinski definition) is 1. The highest BCUT2D eigenvalue weighted by Crippen LogP contribution is 2.14. The van der Waals surface area contributed by atoms with Gasteiger partial charge in [-0.25, -0.2) is 0 Å². The number of imide groups is 1. The van der Waals surface area contributed by atoms with E-state index >= 15 is 0 Å². The summed E-state index contributed by atoms with van der Waals surface area (Å²) < 4.78 is 0. The summed E-state index contributed by atoms with van der Waals surface area (Å²) in [7, 11) is 0. The first-order chi connectivity index (χ1) is 9.00. The first kappa shape index (κ1) is 13.7. The number of amides is 2. The molecule has 1 aliphatic heterocycles. The van der Waals surface area contributed by atoms with E-state index in [1.807, 2.05) is 32.0 Å². The number of carbonyl (C=O) groups is 2. The molecule has 1 aromatic carbocycles. The van der Waals surface area contributed by atoms with Crippen molar-refractivity contribution in [2.75, 3.05) is 13.1 Å². The Kier molecular flexibility index (Phi) is 4.00. The maximum atomic E-state index is 12.1. The van der Waals surface area contributed by atoms with Crippen molar-refractivity contribution < 1.29 is 9.59 Å². The van der Waals surface area contributed by atoms with Crippen LogP contribution in [0.4, 0.5) is 0 Å². The minimum Gasteiger partial charge on any atom is -0.295 e. The van der Waals surface area contributed by atoms with Crippen LogP contribution < -0.4 is 5.32 Å². The molecule has 1 fully saturated rings. The van der Waals surface area contributed by atoms with Crippen LogP contribution in [0.15, 0.2) is 30.3 Å². The molecule has 19 heavy (non-hydrogen) atoms. The zero-order valence-electron chi connectivity index (χ0n) is 11.5. The van der Waals surface area contributed by atoms with Crippen molar-refractivity contribution in [2.24, 2.45) is 0 Å². The zero-order chi connectivity index (χ0) is 13.9. The van der Waals surface area contributed by atoms with E-state index < -0.39 is 5.54 Å². The molecule has 1 heterocycles. The Morgan fingerprint density at radius 1 is 1.21 bits per heavy atom. The van der Waals surface area contributed by atoms with Gasteiger partial charge in [0.05, 0.1) is 12.1 Å². The largest absolute Gasteiger partial charge is 0.295 e. The minimum atomic E-state index is -0.638. The van der Waals surface area contributed by atoms with E-state index in [-0.39, 0.29) is 18.4 Å². The number of rotatable bonds is 4. The molecule has 1 N–H and O–H groups in total. The van der Waals surface area contributed by atoms with Crippen LogP contribution in [0.5, 0.6) is 0 Å². The predicted molar refractivity (Wildman–Crippen MR) is 73.6 cm³/mol. The number of hydrogen-bond acceptors (Lipinski definition) is 3. The van der Waals surface area contributed by atoms with E-state index in [0.717, 1.165) is 12.8 Å². The molecule has 1 aromatic rings. The second kappa shape index (κ2) is 5.53. The lowest BCUT2D eigenvalue weighted by Crippen LogP contribution is -2.63. The predicted octanol–water partition coefficient (Wildman–Crippen LogP) is 1.36. The topological polar surface area (TPSA) is 49.4 Å². The molecule has 4 nitrogen and oxygen atoms in total. The number of nitrogens with one attached hydrogen (secondary N) is 1. The molecule has 0 bridgehead atoms. The molecule has 4 heteroatoms. The highest BCUT2D eigenvalue weighted by molar-refractivity contribution is 6.02. The van der Waals surface area contributed by atoms with Crippen molar-refractivity contribution in [3.8, 4) is 0 Å². The highest BCUT2D eigenvalue weighted by atomic mass is 16.2. The van der Waals surface area contributed by atoms with Gasteiger partial charge >= 0.3 is 0 Å². The quantitative estimate of drug-likeness (QED) is 0.832. The molecule has 0 unspecified atom stereocenters. The second-order valence-corrected chi connectivity index (χ2v) is 5.42. The van der Waals surface area contributed by atoms with E-state index in [9.17, 15) is 9.59 Å². The Bertz CT molecular complexity index is 468. The van der Waals surface area contributed by atoms with Gasteiger partial charge in [0.25, 0.3) is 0 Å². The average molecular weight is 260 g/mol. The monoisotopic (exact) mass is 260 g/mol. The first-order valence-electron chi connectivity index (χ1n) is 6.64. The number of aryl methyl sites for hydroxylation is 1. The van der Waals surface area contributed by atoms with Gasteiger partial charge in [0.15, 0.2) is 0 Å². The zero-order valence-corrected chi connectivity index (χ0v) is 11.5. The van der Waals surface area contributed by atoms with Crippen molar-refractivity contribution in [1.82, 2.24) is 10.2 Å². The smallest absolute Gasteiger partial charge is 0.248 e. The summed E-state index contributed by atoms with van der Waals surface area (Å²) in [5, 5.41) is 2.96. The summed E-state index contributed by atoms with van der Waals surface area (Å²) in [6, 6.07) is 10.1. The van der Waals surface area contributed by atoms with Crippen LogP contribution in [0.3, 0.4) is 0 Å². The number of carbonyl (C=O) groups excluding carboxylic acids is 2. The Morgan fingerprint density at radius 3 is 2.58 bits per heavy atom. The van der Waals surface area contributed by atoms with Crippen LogP contribution >= 0.6 is 0 Å². The maximum Gasteiger partial charge on any atom is 0.248 e. The Morgan fingerprint density at radius 2 is 1.89 bits per heavy atom. The average Bonchev–Trinajstić information content (AvgIpc) is 2.40. The molecular weight excluding hydrogens is 240 g/mol. The van der Waals surface area contributed by atoms with Gasteiger partial charge in [-0.1, -0.05) is 30.3 Å². The fourth-order valence-electron chi connectivity index (χ4n) is 2.23. The molecule has 0 spiro atoms. The molecule has 1 aliphatic rings. The van der Waals surface area contributed by atoms with Crippen molar-refractivity contribution in [3.63, 3.8) is 0 Å². The number of benzene rings is 1. The molecule has 0 aliphatic carbocycles. The van der Waals surface area contributed by atoms with Crippen LogP contribution in [-0.2, 0) is 16.0 Å². The van der Waals surface area contributed by atoms with E-state index in [1.165, 1.54) is 10.5 Å². The van der Waals surface area contributed by atoms with E-state index in [0.29, 0.717) is 6.54 Å². The van der Waals surface area contributed by atoms with Crippen LogP contribution in [-0.4, -0.2) is 35.3 Å². The van der Waals surface area contributed by atoms with Crippen molar-refractivity contribution in [1.29, 1.82) is 0 Å². The third-order valence-corrected chi connectivity index (χ3v) is 3.45. The second-order valence-electron chi connectivity index (χ2n) is 5.42. The third-order valence-electron chi connectivity index (χ3n) is 3.45. The molecular formula is C15H20N2O2. The van der Waals surface area contributed by atoms with E-state index in [2.05, 4.69) is 17.4 Å². The van der Waals surface area contributed by atoms with Gasteiger partial charge in [-0.3, -0.25) is 19.8 Å². The number of piperazine rings is 1. The SMILES string of the molecule is CC1(C)NCC(=O)N(CCCc2ccccc2)C1=O. The van der Waals surface area contributed by atoms with Crippen molar-refractivity contribution in [2.45, 2.75) is 32.2 Å². The van der Waals surface area contributed by atoms with E-state index in [1.54, 1.807) is 0 Å². The Labute approximate surface area is 113 Å². The van der Waals surface area contributed by atoms with Crippen molar-refractivity contribution >= 4 is 11.8 Å². The third kappa shape index (κ3) is 3.20. The molecule has 0 saturated carbocycles. The van der Waals surface area contributed by atoms with Gasteiger partial charge in [0, 0.05) is 6.54 Å². The van der Waals surface area contributed by atoms with Crippen LogP contribution in [0.2, 0.25) is 0 Å². The fourth-order valence-corrected chi connectivity index (χ4v) is 2.23. The minimum absolute atomic E-state index is 0.127. The molecule has 2 rings (SSSR count). The summed E-state index contributed by atoms with van der Waals surface area (Å²) in [6.07, 6.45) is 1.68. The standard InChI is InChI=1S/C15H20N2O2/c1-15(2)14(19)17(13(18)11-16-15)10-6-9-12-7-4-3-5-8-12/h3-5,7-8,16H,6,9-11H2,1-2H3. The summed E-state index contributed by atoms with van der Waals surface area (Å²) in [5.41, 5.74) is 0.595. The Hall–Kier alpha value is -1.68. The van der Waals surface area contributed by atoms with Gasteiger partial charge < -0.3 is 0 Å². The Balaban J connectivity index is 1.91. The fraction of sp³-hybridized carbons (Fsp3) is 0.467. The number of nitrogens with zero attached hydrogens (tertiary/aromatic N) is 1. The van der Waals surface area contributed by atoms with Crippen molar-refractivity contribution in [3.05, 3.63) is 35.9 Å². The molecule has 102 valence electrons. The van der Waals surface area contributed by atoms with Gasteiger partial charge in [-0.2, -0.15) is 0 Å². The summed E-state index contributed by atoms with van der Waals surface area (Å²) in [6.45, 7) is 4.36. The highest BCUT2D eigenvalue weighted by Gasteiger charge is 2.39. The van der Waals surface area contributed by atoms with Gasteiger partial charge in [0.1, 0.15) is 0 Å². The van der Waals surface area contributed by atoms with E-state index in [4.69, 9.17) is 0 Å². The maximum absolute atomic E-state index is 12.1. The van der Waals surface area contributed by atoms with Crippen LogP contribution in [0, 0.1) is 0 Å². The lowest BCUT2D eigenvalue weighted by atomic mass is 10.00. The lowest BCUT2D eigenvalue weighted by molar-refractivity contribution is -0.152.